The average molecular weight is 178 g/mol. The van der Waals surface area contributed by atoms with Gasteiger partial charge in [0.1, 0.15) is 6.23 Å². The van der Waals surface area contributed by atoms with Gasteiger partial charge in [-0.05, 0) is 31.5 Å². The van der Waals surface area contributed by atoms with E-state index in [9.17, 15) is 0 Å². The Kier molecular flexibility index (Phi) is 2.06. The maximum atomic E-state index is 5.80. The molecule has 1 saturated heterocycles. The second-order valence-electron chi connectivity index (χ2n) is 3.92. The number of pyridine rings is 1. The summed E-state index contributed by atoms with van der Waals surface area (Å²) in [6.45, 7) is 5.06. The van der Waals surface area contributed by atoms with Crippen LogP contribution in [0.25, 0.3) is 0 Å². The van der Waals surface area contributed by atoms with E-state index in [-0.39, 0.29) is 11.8 Å². The van der Waals surface area contributed by atoms with Crippen LogP contribution in [0.1, 0.15) is 25.6 Å². The molecule has 0 aromatic carbocycles. The third-order valence-corrected chi connectivity index (χ3v) is 2.16. The molecule has 1 atom stereocenters. The fourth-order valence-electron chi connectivity index (χ4n) is 1.46. The zero-order chi connectivity index (χ0) is 9.31. The summed E-state index contributed by atoms with van der Waals surface area (Å²) in [5.41, 5.74) is 1.08. The van der Waals surface area contributed by atoms with Crippen molar-refractivity contribution in [1.82, 2.24) is 10.3 Å². The van der Waals surface area contributed by atoms with Crippen LogP contribution in [0.15, 0.2) is 24.5 Å². The molecule has 0 aliphatic carbocycles. The molecule has 13 heavy (non-hydrogen) atoms. The number of ether oxygens (including phenoxy) is 1. The van der Waals surface area contributed by atoms with Crippen molar-refractivity contribution in [3.8, 4) is 0 Å². The van der Waals surface area contributed by atoms with E-state index in [0.29, 0.717) is 0 Å². The third kappa shape index (κ3) is 1.87. The van der Waals surface area contributed by atoms with Crippen LogP contribution in [-0.4, -0.2) is 17.1 Å². The quantitative estimate of drug-likeness (QED) is 0.707. The first-order chi connectivity index (χ1) is 6.17. The van der Waals surface area contributed by atoms with Crippen LogP contribution < -0.4 is 5.32 Å². The Morgan fingerprint density at radius 1 is 1.46 bits per heavy atom. The Balaban J connectivity index is 2.13. The van der Waals surface area contributed by atoms with Gasteiger partial charge in [-0.1, -0.05) is 0 Å². The van der Waals surface area contributed by atoms with E-state index in [2.05, 4.69) is 24.1 Å². The highest BCUT2D eigenvalue weighted by atomic mass is 16.5. The predicted molar refractivity (Wildman–Crippen MR) is 50.1 cm³/mol. The molecule has 3 nitrogen and oxygen atoms in total. The molecule has 0 spiro atoms. The fraction of sp³-hybridized carbons (Fsp3) is 0.500. The highest BCUT2D eigenvalue weighted by Crippen LogP contribution is 2.26. The van der Waals surface area contributed by atoms with Gasteiger partial charge < -0.3 is 4.74 Å². The molecule has 0 saturated carbocycles. The van der Waals surface area contributed by atoms with Gasteiger partial charge in [-0.2, -0.15) is 0 Å². The minimum absolute atomic E-state index is 0.0259. The fourth-order valence-corrected chi connectivity index (χ4v) is 1.46. The van der Waals surface area contributed by atoms with Gasteiger partial charge in [-0.3, -0.25) is 10.3 Å². The standard InChI is InChI=1S/C10H14N2O/c1-10(2)7-12-9(13-10)8-3-5-11-6-4-8/h3-6,9,12H,7H2,1-2H3. The first-order valence-electron chi connectivity index (χ1n) is 4.48. The molecule has 3 heteroatoms. The van der Waals surface area contributed by atoms with E-state index in [4.69, 9.17) is 4.74 Å². The van der Waals surface area contributed by atoms with E-state index in [0.717, 1.165) is 12.1 Å². The molecule has 1 fully saturated rings. The van der Waals surface area contributed by atoms with Gasteiger partial charge in [-0.25, -0.2) is 0 Å². The van der Waals surface area contributed by atoms with Crippen LogP contribution >= 0.6 is 0 Å². The topological polar surface area (TPSA) is 34.2 Å². The second kappa shape index (κ2) is 3.09. The lowest BCUT2D eigenvalue weighted by molar-refractivity contribution is -0.0156. The number of nitrogens with one attached hydrogen (secondary N) is 1. The van der Waals surface area contributed by atoms with Crippen LogP contribution in [0.4, 0.5) is 0 Å². The largest absolute Gasteiger partial charge is 0.352 e. The molecule has 2 rings (SSSR count). The molecule has 0 amide bonds. The molecule has 0 bridgehead atoms. The second-order valence-corrected chi connectivity index (χ2v) is 3.92. The van der Waals surface area contributed by atoms with Crippen LogP contribution in [0.3, 0.4) is 0 Å². The Bertz CT molecular complexity index is 284. The van der Waals surface area contributed by atoms with Gasteiger partial charge in [-0.15, -0.1) is 0 Å². The van der Waals surface area contributed by atoms with E-state index < -0.39 is 0 Å². The Morgan fingerprint density at radius 3 is 2.69 bits per heavy atom. The minimum Gasteiger partial charge on any atom is -0.352 e. The smallest absolute Gasteiger partial charge is 0.135 e. The molecular formula is C10H14N2O. The SMILES string of the molecule is CC1(C)CNC(c2ccncc2)O1. The molecule has 70 valence electrons. The van der Waals surface area contributed by atoms with Crippen molar-refractivity contribution in [2.45, 2.75) is 25.7 Å². The first kappa shape index (κ1) is 8.66. The number of aromatic nitrogens is 1. The molecule has 1 aromatic rings. The molecule has 2 heterocycles. The summed E-state index contributed by atoms with van der Waals surface area (Å²) in [5.74, 6) is 0. The molecule has 0 radical (unpaired) electrons. The van der Waals surface area contributed by atoms with Gasteiger partial charge in [0, 0.05) is 18.9 Å². The molecular weight excluding hydrogens is 164 g/mol. The van der Waals surface area contributed by atoms with Crippen molar-refractivity contribution in [3.05, 3.63) is 30.1 Å². The molecule has 1 aliphatic heterocycles. The summed E-state index contributed by atoms with van der Waals surface area (Å²) in [6.07, 6.45) is 3.59. The highest BCUT2D eigenvalue weighted by molar-refractivity contribution is 5.14. The van der Waals surface area contributed by atoms with Crippen LogP contribution in [0.5, 0.6) is 0 Å². The van der Waals surface area contributed by atoms with Crippen LogP contribution in [0, 0.1) is 0 Å². The average Bonchev–Trinajstić information content (AvgIpc) is 2.48. The van der Waals surface area contributed by atoms with Gasteiger partial charge in [0.2, 0.25) is 0 Å². The summed E-state index contributed by atoms with van der Waals surface area (Å²) >= 11 is 0. The molecule has 1 aromatic heterocycles. The third-order valence-electron chi connectivity index (χ3n) is 2.16. The normalized spacial score (nSPS) is 26.2. The summed E-state index contributed by atoms with van der Waals surface area (Å²) in [4.78, 5) is 3.97. The predicted octanol–water partition coefficient (Wildman–Crippen LogP) is 1.48. The molecule has 1 N–H and O–H groups in total. The van der Waals surface area contributed by atoms with Crippen molar-refractivity contribution in [2.24, 2.45) is 0 Å². The Labute approximate surface area is 78.1 Å². The van der Waals surface area contributed by atoms with E-state index in [1.165, 1.54) is 0 Å². The summed E-state index contributed by atoms with van der Waals surface area (Å²) in [6, 6.07) is 3.94. The highest BCUT2D eigenvalue weighted by Gasteiger charge is 2.31. The van der Waals surface area contributed by atoms with Crippen molar-refractivity contribution in [2.75, 3.05) is 6.54 Å². The van der Waals surface area contributed by atoms with Gasteiger partial charge in [0.05, 0.1) is 5.60 Å². The maximum Gasteiger partial charge on any atom is 0.135 e. The van der Waals surface area contributed by atoms with Gasteiger partial charge in [0.25, 0.3) is 0 Å². The lowest BCUT2D eigenvalue weighted by Gasteiger charge is -2.17. The van der Waals surface area contributed by atoms with E-state index >= 15 is 0 Å². The zero-order valence-corrected chi connectivity index (χ0v) is 7.95. The van der Waals surface area contributed by atoms with Crippen molar-refractivity contribution < 1.29 is 4.74 Å². The Hall–Kier alpha value is -0.930. The lowest BCUT2D eigenvalue weighted by Crippen LogP contribution is -2.23. The van der Waals surface area contributed by atoms with Gasteiger partial charge in [0.15, 0.2) is 0 Å². The minimum atomic E-state index is -0.0616. The zero-order valence-electron chi connectivity index (χ0n) is 7.95. The van der Waals surface area contributed by atoms with Crippen LogP contribution in [-0.2, 0) is 4.74 Å². The number of hydrogen-bond acceptors (Lipinski definition) is 3. The summed E-state index contributed by atoms with van der Waals surface area (Å²) < 4.78 is 5.80. The van der Waals surface area contributed by atoms with Crippen LogP contribution in [0.2, 0.25) is 0 Å². The number of nitrogens with zero attached hydrogens (tertiary/aromatic N) is 1. The molecule has 1 aliphatic rings. The lowest BCUT2D eigenvalue weighted by atomic mass is 10.1. The van der Waals surface area contributed by atoms with E-state index in [1.807, 2.05) is 12.1 Å². The number of rotatable bonds is 1. The van der Waals surface area contributed by atoms with Crippen molar-refractivity contribution in [1.29, 1.82) is 0 Å². The Morgan fingerprint density at radius 2 is 2.15 bits per heavy atom. The van der Waals surface area contributed by atoms with Crippen molar-refractivity contribution >= 4 is 0 Å². The number of hydrogen-bond donors (Lipinski definition) is 1. The monoisotopic (exact) mass is 178 g/mol. The first-order valence-corrected chi connectivity index (χ1v) is 4.48. The maximum absolute atomic E-state index is 5.80. The van der Waals surface area contributed by atoms with Gasteiger partial charge >= 0.3 is 0 Å². The summed E-state index contributed by atoms with van der Waals surface area (Å²) in [7, 11) is 0. The molecule has 1 unspecified atom stereocenters. The van der Waals surface area contributed by atoms with Crippen molar-refractivity contribution in [3.63, 3.8) is 0 Å². The summed E-state index contributed by atoms with van der Waals surface area (Å²) in [5, 5.41) is 3.31. The van der Waals surface area contributed by atoms with E-state index in [1.54, 1.807) is 12.4 Å².